The van der Waals surface area contributed by atoms with Crippen molar-refractivity contribution in [2.75, 3.05) is 18.9 Å². The molecule has 0 radical (unpaired) electrons. The lowest BCUT2D eigenvalue weighted by Gasteiger charge is -2.21. The van der Waals surface area contributed by atoms with Gasteiger partial charge in [0, 0.05) is 25.2 Å². The highest BCUT2D eigenvalue weighted by Gasteiger charge is 2.30. The Balaban J connectivity index is 1.62. The average Bonchev–Trinajstić information content (AvgIpc) is 3.41. The van der Waals surface area contributed by atoms with Crippen LogP contribution in [0, 0.1) is 11.3 Å². The van der Waals surface area contributed by atoms with Crippen LogP contribution in [0.15, 0.2) is 35.7 Å². The van der Waals surface area contributed by atoms with Crippen LogP contribution in [-0.4, -0.2) is 36.3 Å². The van der Waals surface area contributed by atoms with Crippen molar-refractivity contribution < 1.29 is 9.59 Å². The van der Waals surface area contributed by atoms with E-state index in [1.807, 2.05) is 12.1 Å². The molecule has 134 valence electrons. The van der Waals surface area contributed by atoms with Gasteiger partial charge in [0.2, 0.25) is 5.91 Å². The van der Waals surface area contributed by atoms with Crippen LogP contribution in [-0.2, 0) is 11.3 Å². The van der Waals surface area contributed by atoms with Gasteiger partial charge in [0.25, 0.3) is 5.91 Å². The van der Waals surface area contributed by atoms with Gasteiger partial charge < -0.3 is 10.6 Å². The standard InChI is InChI=1S/C19H20N4O2S/c1-21-18(25)14-4-2-13(3-5-14)11-23(16-6-7-16)12-17(24)22-19-15(10-20)8-9-26-19/h2-5,8-9,16H,6-7,11-12H2,1H3,(H,21,25)(H,22,24). The number of anilines is 1. The zero-order chi connectivity index (χ0) is 18.5. The molecule has 1 saturated carbocycles. The highest BCUT2D eigenvalue weighted by atomic mass is 32.1. The van der Waals surface area contributed by atoms with Gasteiger partial charge in [0.05, 0.1) is 12.1 Å². The van der Waals surface area contributed by atoms with Crippen LogP contribution < -0.4 is 10.6 Å². The van der Waals surface area contributed by atoms with E-state index in [1.165, 1.54) is 11.3 Å². The Morgan fingerprint density at radius 1 is 1.27 bits per heavy atom. The van der Waals surface area contributed by atoms with Crippen LogP contribution in [0.1, 0.15) is 34.3 Å². The number of carbonyl (C=O) groups is 2. The molecule has 1 fully saturated rings. The summed E-state index contributed by atoms with van der Waals surface area (Å²) in [6.45, 7) is 0.937. The summed E-state index contributed by atoms with van der Waals surface area (Å²) in [7, 11) is 1.61. The minimum atomic E-state index is -0.113. The fourth-order valence-corrected chi connectivity index (χ4v) is 3.49. The molecule has 1 aromatic heterocycles. The highest BCUT2D eigenvalue weighted by molar-refractivity contribution is 7.14. The zero-order valence-electron chi connectivity index (χ0n) is 14.5. The number of nitriles is 1. The first kappa shape index (κ1) is 18.1. The van der Waals surface area contributed by atoms with Crippen molar-refractivity contribution >= 4 is 28.2 Å². The molecule has 6 nitrogen and oxygen atoms in total. The molecular formula is C19H20N4O2S. The van der Waals surface area contributed by atoms with Gasteiger partial charge in [-0.25, -0.2) is 0 Å². The van der Waals surface area contributed by atoms with Gasteiger partial charge in [-0.05, 0) is 42.0 Å². The van der Waals surface area contributed by atoms with Gasteiger partial charge in [0.1, 0.15) is 11.1 Å². The van der Waals surface area contributed by atoms with E-state index in [1.54, 1.807) is 30.6 Å². The SMILES string of the molecule is CNC(=O)c1ccc(CN(CC(=O)Nc2sccc2C#N)C2CC2)cc1. The van der Waals surface area contributed by atoms with Crippen molar-refractivity contribution in [1.82, 2.24) is 10.2 Å². The Labute approximate surface area is 156 Å². The normalized spacial score (nSPS) is 13.3. The Kier molecular flexibility index (Phi) is 5.66. The lowest BCUT2D eigenvalue weighted by molar-refractivity contribution is -0.117. The van der Waals surface area contributed by atoms with E-state index in [4.69, 9.17) is 5.26 Å². The van der Waals surface area contributed by atoms with E-state index in [9.17, 15) is 9.59 Å². The molecule has 26 heavy (non-hydrogen) atoms. The first-order valence-electron chi connectivity index (χ1n) is 8.43. The third kappa shape index (κ3) is 4.48. The third-order valence-corrected chi connectivity index (χ3v) is 5.11. The molecule has 0 atom stereocenters. The number of benzene rings is 1. The number of thiophene rings is 1. The second-order valence-electron chi connectivity index (χ2n) is 6.24. The van der Waals surface area contributed by atoms with E-state index >= 15 is 0 Å². The molecule has 2 N–H and O–H groups in total. The fraction of sp³-hybridized carbons (Fsp3) is 0.316. The molecule has 0 saturated heterocycles. The Bertz CT molecular complexity index is 834. The number of amides is 2. The van der Waals surface area contributed by atoms with Crippen LogP contribution in [0.25, 0.3) is 0 Å². The van der Waals surface area contributed by atoms with Gasteiger partial charge in [-0.2, -0.15) is 5.26 Å². The van der Waals surface area contributed by atoms with Crippen LogP contribution in [0.2, 0.25) is 0 Å². The maximum absolute atomic E-state index is 12.4. The van der Waals surface area contributed by atoms with Crippen LogP contribution in [0.5, 0.6) is 0 Å². The topological polar surface area (TPSA) is 85.2 Å². The molecule has 1 heterocycles. The van der Waals surface area contributed by atoms with Gasteiger partial charge >= 0.3 is 0 Å². The Morgan fingerprint density at radius 3 is 2.62 bits per heavy atom. The van der Waals surface area contributed by atoms with Gasteiger partial charge in [0.15, 0.2) is 0 Å². The predicted molar refractivity (Wildman–Crippen MR) is 101 cm³/mol. The first-order chi connectivity index (χ1) is 12.6. The largest absolute Gasteiger partial charge is 0.355 e. The summed E-state index contributed by atoms with van der Waals surface area (Å²) in [6, 6.07) is 11.6. The third-order valence-electron chi connectivity index (χ3n) is 4.28. The summed E-state index contributed by atoms with van der Waals surface area (Å²) >= 11 is 1.35. The van der Waals surface area contributed by atoms with E-state index in [-0.39, 0.29) is 18.4 Å². The summed E-state index contributed by atoms with van der Waals surface area (Å²) in [5, 5.41) is 16.9. The molecule has 3 rings (SSSR count). The van der Waals surface area contributed by atoms with Crippen molar-refractivity contribution in [3.8, 4) is 6.07 Å². The van der Waals surface area contributed by atoms with E-state index < -0.39 is 0 Å². The molecule has 0 unspecified atom stereocenters. The Morgan fingerprint density at radius 2 is 2.00 bits per heavy atom. The quantitative estimate of drug-likeness (QED) is 0.787. The lowest BCUT2D eigenvalue weighted by Crippen LogP contribution is -2.34. The monoisotopic (exact) mass is 368 g/mol. The number of nitrogens with zero attached hydrogens (tertiary/aromatic N) is 2. The summed E-state index contributed by atoms with van der Waals surface area (Å²) < 4.78 is 0. The maximum Gasteiger partial charge on any atom is 0.251 e. The number of nitrogens with one attached hydrogen (secondary N) is 2. The fourth-order valence-electron chi connectivity index (χ4n) is 2.74. The molecule has 1 aliphatic carbocycles. The van der Waals surface area contributed by atoms with Crippen molar-refractivity contribution in [2.45, 2.75) is 25.4 Å². The van der Waals surface area contributed by atoms with Crippen LogP contribution in [0.4, 0.5) is 5.00 Å². The molecule has 7 heteroatoms. The van der Waals surface area contributed by atoms with Crippen molar-refractivity contribution in [3.63, 3.8) is 0 Å². The summed E-state index contributed by atoms with van der Waals surface area (Å²) in [4.78, 5) is 26.1. The molecule has 2 amide bonds. The molecular weight excluding hydrogens is 348 g/mol. The second-order valence-corrected chi connectivity index (χ2v) is 7.15. The van der Waals surface area contributed by atoms with E-state index in [0.717, 1.165) is 18.4 Å². The van der Waals surface area contributed by atoms with Crippen molar-refractivity contribution in [1.29, 1.82) is 5.26 Å². The summed E-state index contributed by atoms with van der Waals surface area (Å²) in [6.07, 6.45) is 2.18. The number of hydrogen-bond acceptors (Lipinski definition) is 5. The minimum Gasteiger partial charge on any atom is -0.355 e. The molecule has 2 aromatic rings. The summed E-state index contributed by atoms with van der Waals surface area (Å²) in [5.74, 6) is -0.225. The van der Waals surface area contributed by atoms with E-state index in [0.29, 0.717) is 28.7 Å². The number of carbonyl (C=O) groups excluding carboxylic acids is 2. The molecule has 1 aromatic carbocycles. The minimum absolute atomic E-state index is 0.112. The molecule has 0 aliphatic heterocycles. The first-order valence-corrected chi connectivity index (χ1v) is 9.31. The zero-order valence-corrected chi connectivity index (χ0v) is 15.3. The van der Waals surface area contributed by atoms with Crippen LogP contribution in [0.3, 0.4) is 0 Å². The molecule has 1 aliphatic rings. The Hall–Kier alpha value is -2.69. The lowest BCUT2D eigenvalue weighted by atomic mass is 10.1. The van der Waals surface area contributed by atoms with Gasteiger partial charge in [-0.15, -0.1) is 11.3 Å². The van der Waals surface area contributed by atoms with Crippen molar-refractivity contribution in [3.05, 3.63) is 52.4 Å². The average molecular weight is 368 g/mol. The van der Waals surface area contributed by atoms with Crippen LogP contribution >= 0.6 is 11.3 Å². The maximum atomic E-state index is 12.4. The van der Waals surface area contributed by atoms with Gasteiger partial charge in [-0.3, -0.25) is 14.5 Å². The molecule has 0 bridgehead atoms. The van der Waals surface area contributed by atoms with Crippen molar-refractivity contribution in [2.24, 2.45) is 0 Å². The predicted octanol–water partition coefficient (Wildman–Crippen LogP) is 2.58. The van der Waals surface area contributed by atoms with Gasteiger partial charge in [-0.1, -0.05) is 12.1 Å². The number of rotatable bonds is 7. The number of hydrogen-bond donors (Lipinski definition) is 2. The highest BCUT2D eigenvalue weighted by Crippen LogP contribution is 2.28. The summed E-state index contributed by atoms with van der Waals surface area (Å²) in [5.41, 5.74) is 2.17. The second kappa shape index (κ2) is 8.13. The smallest absolute Gasteiger partial charge is 0.251 e. The van der Waals surface area contributed by atoms with E-state index in [2.05, 4.69) is 21.6 Å². The molecule has 0 spiro atoms.